The Hall–Kier alpha value is -2.21. The molecule has 0 atom stereocenters. The highest BCUT2D eigenvalue weighted by Crippen LogP contribution is 2.23. The first kappa shape index (κ1) is 21.0. The predicted molar refractivity (Wildman–Crippen MR) is 130 cm³/mol. The molecule has 154 valence electrons. The number of thiocarbonyl (C=S) groups is 1. The molecule has 0 bridgehead atoms. The van der Waals surface area contributed by atoms with Crippen molar-refractivity contribution in [2.75, 3.05) is 26.2 Å². The molecule has 0 saturated carbocycles. The summed E-state index contributed by atoms with van der Waals surface area (Å²) in [5, 5.41) is 0. The van der Waals surface area contributed by atoms with Crippen molar-refractivity contribution < 1.29 is 4.74 Å². The zero-order chi connectivity index (χ0) is 20.8. The predicted octanol–water partition coefficient (Wildman–Crippen LogP) is 5.52. The standard InChI is InChI=1S/C25H25BrN2OS/c26-22-12-10-21(11-13-22)19-29-24-9-5-4-8-23(24)25(30)28-16-14-27(15-17-28)18-20-6-2-1-3-7-20/h1-13H,14-19H2. The summed E-state index contributed by atoms with van der Waals surface area (Å²) in [4.78, 5) is 5.67. The van der Waals surface area contributed by atoms with Gasteiger partial charge in [-0.25, -0.2) is 0 Å². The third kappa shape index (κ3) is 5.48. The van der Waals surface area contributed by atoms with Crippen LogP contribution in [0, 0.1) is 0 Å². The molecule has 3 nitrogen and oxygen atoms in total. The van der Waals surface area contributed by atoms with E-state index < -0.39 is 0 Å². The molecule has 4 rings (SSSR count). The SMILES string of the molecule is S=C(c1ccccc1OCc1ccc(Br)cc1)N1CCN(Cc2ccccc2)CC1. The van der Waals surface area contributed by atoms with Crippen molar-refractivity contribution in [2.45, 2.75) is 13.2 Å². The van der Waals surface area contributed by atoms with Gasteiger partial charge in [-0.2, -0.15) is 0 Å². The second-order valence-corrected chi connectivity index (χ2v) is 8.77. The van der Waals surface area contributed by atoms with Gasteiger partial charge in [0.2, 0.25) is 0 Å². The number of rotatable bonds is 6. The van der Waals surface area contributed by atoms with E-state index in [2.05, 4.69) is 74.3 Å². The molecule has 1 fully saturated rings. The van der Waals surface area contributed by atoms with Crippen LogP contribution in [0.2, 0.25) is 0 Å². The van der Waals surface area contributed by atoms with Crippen molar-refractivity contribution in [3.05, 3.63) is 100 Å². The number of hydrogen-bond acceptors (Lipinski definition) is 3. The van der Waals surface area contributed by atoms with Gasteiger partial charge in [-0.3, -0.25) is 4.90 Å². The van der Waals surface area contributed by atoms with Crippen molar-refractivity contribution >= 4 is 33.1 Å². The van der Waals surface area contributed by atoms with Crippen LogP contribution in [0.4, 0.5) is 0 Å². The third-order valence-electron chi connectivity index (χ3n) is 5.33. The number of halogens is 1. The first-order chi connectivity index (χ1) is 14.7. The van der Waals surface area contributed by atoms with Crippen molar-refractivity contribution in [3.63, 3.8) is 0 Å². The molecule has 1 aliphatic rings. The highest BCUT2D eigenvalue weighted by Gasteiger charge is 2.21. The fourth-order valence-electron chi connectivity index (χ4n) is 3.63. The Morgan fingerprint density at radius 1 is 0.800 bits per heavy atom. The lowest BCUT2D eigenvalue weighted by atomic mass is 10.1. The molecule has 0 unspecified atom stereocenters. The summed E-state index contributed by atoms with van der Waals surface area (Å²) in [7, 11) is 0. The maximum absolute atomic E-state index is 6.14. The lowest BCUT2D eigenvalue weighted by Crippen LogP contribution is -2.48. The van der Waals surface area contributed by atoms with E-state index in [1.807, 2.05) is 30.3 Å². The Morgan fingerprint density at radius 2 is 1.47 bits per heavy atom. The largest absolute Gasteiger partial charge is 0.488 e. The summed E-state index contributed by atoms with van der Waals surface area (Å²) in [6.07, 6.45) is 0. The summed E-state index contributed by atoms with van der Waals surface area (Å²) < 4.78 is 7.20. The van der Waals surface area contributed by atoms with Crippen LogP contribution < -0.4 is 4.74 Å². The lowest BCUT2D eigenvalue weighted by molar-refractivity contribution is 0.177. The van der Waals surface area contributed by atoms with E-state index >= 15 is 0 Å². The summed E-state index contributed by atoms with van der Waals surface area (Å²) in [5.41, 5.74) is 3.50. The fourth-order valence-corrected chi connectivity index (χ4v) is 4.25. The zero-order valence-corrected chi connectivity index (χ0v) is 19.2. The molecule has 0 aliphatic carbocycles. The molecule has 1 saturated heterocycles. The Morgan fingerprint density at radius 3 is 2.20 bits per heavy atom. The minimum atomic E-state index is 0.526. The van der Waals surface area contributed by atoms with Crippen LogP contribution in [0.25, 0.3) is 0 Å². The average Bonchev–Trinajstić information content (AvgIpc) is 2.80. The number of nitrogens with zero attached hydrogens (tertiary/aromatic N) is 2. The Bertz CT molecular complexity index is 970. The van der Waals surface area contributed by atoms with Crippen LogP contribution >= 0.6 is 28.1 Å². The smallest absolute Gasteiger partial charge is 0.130 e. The number of ether oxygens (including phenoxy) is 1. The number of para-hydroxylation sites is 1. The van der Waals surface area contributed by atoms with Crippen LogP contribution in [0.15, 0.2) is 83.3 Å². The topological polar surface area (TPSA) is 15.7 Å². The van der Waals surface area contributed by atoms with Gasteiger partial charge in [0.1, 0.15) is 17.3 Å². The molecule has 30 heavy (non-hydrogen) atoms. The van der Waals surface area contributed by atoms with E-state index in [0.29, 0.717) is 6.61 Å². The Labute approximate surface area is 192 Å². The summed E-state index contributed by atoms with van der Waals surface area (Å²) in [6, 6.07) is 26.9. The van der Waals surface area contributed by atoms with Gasteiger partial charge in [0.25, 0.3) is 0 Å². The number of piperazine rings is 1. The molecule has 0 spiro atoms. The molecule has 3 aromatic rings. The van der Waals surface area contributed by atoms with E-state index in [1.54, 1.807) is 0 Å². The maximum Gasteiger partial charge on any atom is 0.130 e. The van der Waals surface area contributed by atoms with Crippen LogP contribution in [-0.2, 0) is 13.2 Å². The minimum Gasteiger partial charge on any atom is -0.488 e. The Balaban J connectivity index is 1.36. The molecule has 0 N–H and O–H groups in total. The third-order valence-corrected chi connectivity index (χ3v) is 6.34. The van der Waals surface area contributed by atoms with E-state index in [1.165, 1.54) is 5.56 Å². The second kappa shape index (κ2) is 10.2. The number of benzene rings is 3. The molecule has 0 aromatic heterocycles. The molecular formula is C25H25BrN2OS. The van der Waals surface area contributed by atoms with Crippen molar-refractivity contribution in [1.29, 1.82) is 0 Å². The molecule has 3 aromatic carbocycles. The van der Waals surface area contributed by atoms with Gasteiger partial charge in [-0.1, -0.05) is 82.7 Å². The Kier molecular flexibility index (Phi) is 7.16. The molecular weight excluding hydrogens is 456 g/mol. The highest BCUT2D eigenvalue weighted by atomic mass is 79.9. The zero-order valence-electron chi connectivity index (χ0n) is 16.8. The summed E-state index contributed by atoms with van der Waals surface area (Å²) >= 11 is 9.34. The monoisotopic (exact) mass is 480 g/mol. The molecule has 0 radical (unpaired) electrons. The maximum atomic E-state index is 6.14. The van der Waals surface area contributed by atoms with Gasteiger partial charge < -0.3 is 9.64 Å². The molecule has 0 amide bonds. The summed E-state index contributed by atoms with van der Waals surface area (Å²) in [6.45, 7) is 5.42. The minimum absolute atomic E-state index is 0.526. The van der Waals surface area contributed by atoms with E-state index in [9.17, 15) is 0 Å². The van der Waals surface area contributed by atoms with Crippen molar-refractivity contribution in [1.82, 2.24) is 9.80 Å². The van der Waals surface area contributed by atoms with E-state index in [-0.39, 0.29) is 0 Å². The van der Waals surface area contributed by atoms with Crippen molar-refractivity contribution in [3.8, 4) is 5.75 Å². The molecule has 5 heteroatoms. The van der Waals surface area contributed by atoms with E-state index in [0.717, 1.165) is 59.1 Å². The van der Waals surface area contributed by atoms with Crippen LogP contribution in [0.3, 0.4) is 0 Å². The second-order valence-electron chi connectivity index (χ2n) is 7.47. The van der Waals surface area contributed by atoms with Crippen LogP contribution in [-0.4, -0.2) is 41.0 Å². The molecule has 1 heterocycles. The average molecular weight is 481 g/mol. The van der Waals surface area contributed by atoms with Crippen LogP contribution in [0.1, 0.15) is 16.7 Å². The van der Waals surface area contributed by atoms with Crippen LogP contribution in [0.5, 0.6) is 5.75 Å². The highest BCUT2D eigenvalue weighted by molar-refractivity contribution is 9.10. The van der Waals surface area contributed by atoms with Gasteiger partial charge in [0.05, 0.1) is 5.56 Å². The van der Waals surface area contributed by atoms with Gasteiger partial charge in [-0.15, -0.1) is 0 Å². The quantitative estimate of drug-likeness (QED) is 0.431. The van der Waals surface area contributed by atoms with Gasteiger partial charge >= 0.3 is 0 Å². The first-order valence-electron chi connectivity index (χ1n) is 10.2. The normalized spacial score (nSPS) is 14.5. The van der Waals surface area contributed by atoms with Gasteiger partial charge in [-0.05, 0) is 35.4 Å². The lowest BCUT2D eigenvalue weighted by Gasteiger charge is -2.36. The summed E-state index contributed by atoms with van der Waals surface area (Å²) in [5.74, 6) is 0.845. The van der Waals surface area contributed by atoms with E-state index in [4.69, 9.17) is 17.0 Å². The number of hydrogen-bond donors (Lipinski definition) is 0. The first-order valence-corrected chi connectivity index (χ1v) is 11.4. The van der Waals surface area contributed by atoms with Crippen molar-refractivity contribution in [2.24, 2.45) is 0 Å². The molecule has 1 aliphatic heterocycles. The van der Waals surface area contributed by atoms with Gasteiger partial charge in [0.15, 0.2) is 0 Å². The van der Waals surface area contributed by atoms with Gasteiger partial charge in [0, 0.05) is 37.2 Å². The fraction of sp³-hybridized carbons (Fsp3) is 0.240.